The average molecular weight is 342 g/mol. The molecule has 0 bridgehead atoms. The van der Waals surface area contributed by atoms with Crippen molar-refractivity contribution in [3.8, 4) is 10.8 Å². The van der Waals surface area contributed by atoms with Crippen molar-refractivity contribution < 1.29 is 9.21 Å². The molecule has 6 heteroatoms. The van der Waals surface area contributed by atoms with E-state index < -0.39 is 0 Å². The van der Waals surface area contributed by atoms with Crippen LogP contribution in [0.25, 0.3) is 10.8 Å². The van der Waals surface area contributed by atoms with Gasteiger partial charge in [0.25, 0.3) is 5.91 Å². The van der Waals surface area contributed by atoms with Crippen LogP contribution >= 0.6 is 23.1 Å². The number of rotatable bonds is 2. The number of thioether (sulfide) groups is 1. The number of carbonyl (C=O) groups excluding carboxylic acids is 1. The molecule has 116 valence electrons. The first-order chi connectivity index (χ1) is 11.2. The highest BCUT2D eigenvalue weighted by atomic mass is 32.2. The number of hydrogen-bond donors (Lipinski definition) is 0. The molecule has 1 aliphatic rings. The molecule has 1 atom stereocenters. The maximum Gasteiger partial charge on any atom is 0.270 e. The minimum Gasteiger partial charge on any atom is -0.462 e. The lowest BCUT2D eigenvalue weighted by molar-refractivity contribution is 0.0990. The van der Waals surface area contributed by atoms with E-state index in [1.165, 1.54) is 11.3 Å². The van der Waals surface area contributed by atoms with Crippen molar-refractivity contribution in [3.05, 3.63) is 53.7 Å². The van der Waals surface area contributed by atoms with Crippen molar-refractivity contribution >= 4 is 34.7 Å². The topological polar surface area (TPSA) is 46.3 Å². The molecule has 23 heavy (non-hydrogen) atoms. The summed E-state index contributed by atoms with van der Waals surface area (Å²) < 4.78 is 5.35. The van der Waals surface area contributed by atoms with Crippen molar-refractivity contribution in [2.75, 3.05) is 11.4 Å². The molecule has 3 aromatic rings. The van der Waals surface area contributed by atoms with Gasteiger partial charge in [-0.3, -0.25) is 4.79 Å². The van der Waals surface area contributed by atoms with E-state index >= 15 is 0 Å². The lowest BCUT2D eigenvalue weighted by Gasteiger charge is -2.32. The maximum atomic E-state index is 12.9. The summed E-state index contributed by atoms with van der Waals surface area (Å²) in [4.78, 5) is 20.9. The molecule has 0 spiro atoms. The highest BCUT2D eigenvalue weighted by Gasteiger charge is 2.28. The first-order valence-corrected chi connectivity index (χ1v) is 8.99. The molecule has 0 saturated carbocycles. The Balaban J connectivity index is 1.67. The number of fused-ring (bicyclic) bond motifs is 1. The van der Waals surface area contributed by atoms with E-state index in [0.717, 1.165) is 15.6 Å². The summed E-state index contributed by atoms with van der Waals surface area (Å²) in [6, 6.07) is 11.7. The number of aromatic nitrogens is 1. The van der Waals surface area contributed by atoms with Crippen molar-refractivity contribution in [3.63, 3.8) is 0 Å². The van der Waals surface area contributed by atoms with Crippen LogP contribution < -0.4 is 4.90 Å². The van der Waals surface area contributed by atoms with Gasteiger partial charge in [-0.25, -0.2) is 4.98 Å². The Labute approximate surface area is 142 Å². The largest absolute Gasteiger partial charge is 0.462 e. The van der Waals surface area contributed by atoms with Crippen LogP contribution in [0.5, 0.6) is 0 Å². The normalized spacial score (nSPS) is 17.1. The van der Waals surface area contributed by atoms with Gasteiger partial charge in [0.2, 0.25) is 0 Å². The minimum atomic E-state index is -0.0000869. The summed E-state index contributed by atoms with van der Waals surface area (Å²) in [6.45, 7) is 2.84. The first-order valence-electron chi connectivity index (χ1n) is 7.29. The fourth-order valence-electron chi connectivity index (χ4n) is 2.60. The Morgan fingerprint density at radius 2 is 2.17 bits per heavy atom. The van der Waals surface area contributed by atoms with Gasteiger partial charge in [-0.2, -0.15) is 0 Å². The fraction of sp³-hybridized carbons (Fsp3) is 0.176. The van der Waals surface area contributed by atoms with Crippen molar-refractivity contribution in [2.45, 2.75) is 17.1 Å². The van der Waals surface area contributed by atoms with E-state index in [-0.39, 0.29) is 5.91 Å². The number of benzene rings is 1. The van der Waals surface area contributed by atoms with Gasteiger partial charge in [-0.15, -0.1) is 23.1 Å². The van der Waals surface area contributed by atoms with Crippen LogP contribution in [-0.4, -0.2) is 22.7 Å². The standard InChI is InChI=1S/C17H14N2O2S2/c1-11-10-19(12-5-2-3-7-14(12)22-11)17(20)15-9-18-16(23-15)13-6-4-8-21-13/h2-9,11H,10H2,1H3/t11-/m0/s1. The fourth-order valence-corrected chi connectivity index (χ4v) is 4.55. The molecule has 3 heterocycles. The van der Waals surface area contributed by atoms with Crippen LogP contribution in [0, 0.1) is 0 Å². The van der Waals surface area contributed by atoms with Crippen molar-refractivity contribution in [2.24, 2.45) is 0 Å². The lowest BCUT2D eigenvalue weighted by Crippen LogP contribution is -2.38. The third kappa shape index (κ3) is 2.68. The lowest BCUT2D eigenvalue weighted by atomic mass is 10.2. The summed E-state index contributed by atoms with van der Waals surface area (Å²) in [7, 11) is 0. The maximum absolute atomic E-state index is 12.9. The highest BCUT2D eigenvalue weighted by molar-refractivity contribution is 8.00. The molecule has 2 aromatic heterocycles. The molecule has 4 rings (SSSR count). The van der Waals surface area contributed by atoms with Crippen molar-refractivity contribution in [1.29, 1.82) is 0 Å². The molecular formula is C17H14N2O2S2. The second kappa shape index (κ2) is 5.86. The number of thiazole rings is 1. The smallest absolute Gasteiger partial charge is 0.270 e. The average Bonchev–Trinajstić information content (AvgIpc) is 3.24. The van der Waals surface area contributed by atoms with Crippen LogP contribution in [0.4, 0.5) is 5.69 Å². The Kier molecular flexibility index (Phi) is 3.71. The summed E-state index contributed by atoms with van der Waals surface area (Å²) in [5.41, 5.74) is 0.980. The third-order valence-corrected chi connectivity index (χ3v) is 5.77. The number of anilines is 1. The number of amides is 1. The third-order valence-electron chi connectivity index (χ3n) is 3.62. The SMILES string of the molecule is C[C@H]1CN(C(=O)c2cnc(-c3ccco3)s2)c2ccccc2S1. The molecule has 1 aliphatic heterocycles. The molecule has 0 aliphatic carbocycles. The van der Waals surface area contributed by atoms with Gasteiger partial charge < -0.3 is 9.32 Å². The monoisotopic (exact) mass is 342 g/mol. The van der Waals surface area contributed by atoms with E-state index in [9.17, 15) is 4.79 Å². The second-order valence-corrected chi connectivity index (χ2v) is 7.83. The number of nitrogens with zero attached hydrogens (tertiary/aromatic N) is 2. The second-order valence-electron chi connectivity index (χ2n) is 5.32. The van der Waals surface area contributed by atoms with E-state index in [4.69, 9.17) is 4.42 Å². The van der Waals surface area contributed by atoms with E-state index in [2.05, 4.69) is 18.0 Å². The molecule has 1 amide bonds. The van der Waals surface area contributed by atoms with Crippen molar-refractivity contribution in [1.82, 2.24) is 4.98 Å². The van der Waals surface area contributed by atoms with Crippen LogP contribution in [0.2, 0.25) is 0 Å². The zero-order chi connectivity index (χ0) is 15.8. The molecule has 1 aromatic carbocycles. The van der Waals surface area contributed by atoms with E-state index in [1.807, 2.05) is 47.0 Å². The zero-order valence-electron chi connectivity index (χ0n) is 12.4. The molecule has 0 saturated heterocycles. The Morgan fingerprint density at radius 3 is 3.00 bits per heavy atom. The number of carbonyl (C=O) groups is 1. The number of para-hydroxylation sites is 1. The summed E-state index contributed by atoms with van der Waals surface area (Å²) >= 11 is 3.18. The van der Waals surface area contributed by atoms with Gasteiger partial charge in [0, 0.05) is 16.7 Å². The first kappa shape index (κ1) is 14.5. The Morgan fingerprint density at radius 1 is 1.30 bits per heavy atom. The quantitative estimate of drug-likeness (QED) is 0.686. The zero-order valence-corrected chi connectivity index (χ0v) is 14.1. The molecule has 0 unspecified atom stereocenters. The van der Waals surface area contributed by atoms with Crippen LogP contribution in [0.3, 0.4) is 0 Å². The van der Waals surface area contributed by atoms with Gasteiger partial charge in [0.05, 0.1) is 18.1 Å². The Bertz CT molecular complexity index is 842. The van der Waals surface area contributed by atoms with Crippen LogP contribution in [-0.2, 0) is 0 Å². The van der Waals surface area contributed by atoms with Gasteiger partial charge in [0.15, 0.2) is 10.8 Å². The molecular weight excluding hydrogens is 328 g/mol. The number of hydrogen-bond acceptors (Lipinski definition) is 5. The Hall–Kier alpha value is -2.05. The van der Waals surface area contributed by atoms with Gasteiger partial charge >= 0.3 is 0 Å². The minimum absolute atomic E-state index is 0.0000869. The molecule has 0 radical (unpaired) electrons. The highest BCUT2D eigenvalue weighted by Crippen LogP contribution is 2.39. The van der Waals surface area contributed by atoms with Gasteiger partial charge in [-0.05, 0) is 24.3 Å². The van der Waals surface area contributed by atoms with Gasteiger partial charge in [0.1, 0.15) is 4.88 Å². The van der Waals surface area contributed by atoms with E-state index in [0.29, 0.717) is 22.4 Å². The van der Waals surface area contributed by atoms with Gasteiger partial charge in [-0.1, -0.05) is 19.1 Å². The summed E-state index contributed by atoms with van der Waals surface area (Å²) in [6.07, 6.45) is 3.25. The molecule has 0 N–H and O–H groups in total. The number of furan rings is 1. The van der Waals surface area contributed by atoms with E-state index in [1.54, 1.807) is 12.5 Å². The molecule has 4 nitrogen and oxygen atoms in total. The molecule has 0 fully saturated rings. The predicted octanol–water partition coefficient (Wildman–Crippen LogP) is 4.54. The summed E-state index contributed by atoms with van der Waals surface area (Å²) in [5.74, 6) is 0.692. The van der Waals surface area contributed by atoms with Crippen LogP contribution in [0.1, 0.15) is 16.6 Å². The van der Waals surface area contributed by atoms with Crippen LogP contribution in [0.15, 0.2) is 58.2 Å². The predicted molar refractivity (Wildman–Crippen MR) is 93.3 cm³/mol. The summed E-state index contributed by atoms with van der Waals surface area (Å²) in [5, 5.41) is 1.09.